The van der Waals surface area contributed by atoms with Crippen molar-refractivity contribution in [3.63, 3.8) is 0 Å². The van der Waals surface area contributed by atoms with E-state index < -0.39 is 0 Å². The van der Waals surface area contributed by atoms with E-state index in [-0.39, 0.29) is 5.12 Å². The summed E-state index contributed by atoms with van der Waals surface area (Å²) in [6.45, 7) is 3.38. The van der Waals surface area contributed by atoms with Gasteiger partial charge in [0.25, 0.3) is 0 Å². The van der Waals surface area contributed by atoms with Crippen LogP contribution in [-0.4, -0.2) is 15.1 Å². The Morgan fingerprint density at radius 1 is 1.75 bits per heavy atom. The van der Waals surface area contributed by atoms with Crippen LogP contribution in [-0.2, 0) is 4.79 Å². The van der Waals surface area contributed by atoms with Crippen LogP contribution in [0.1, 0.15) is 12.6 Å². The molecule has 3 nitrogen and oxygen atoms in total. The van der Waals surface area contributed by atoms with Crippen molar-refractivity contribution in [2.75, 3.05) is 0 Å². The molecule has 1 rings (SSSR count). The van der Waals surface area contributed by atoms with Gasteiger partial charge in [-0.05, 0) is 37.0 Å². The maximum absolute atomic E-state index is 10.7. The zero-order valence-corrected chi connectivity index (χ0v) is 8.38. The van der Waals surface area contributed by atoms with Gasteiger partial charge in [0.05, 0.1) is 0 Å². The van der Waals surface area contributed by atoms with Gasteiger partial charge >= 0.3 is 0 Å². The zero-order valence-electron chi connectivity index (χ0n) is 6.75. The van der Waals surface area contributed by atoms with Crippen molar-refractivity contribution >= 4 is 29.1 Å². The van der Waals surface area contributed by atoms with Crippen molar-refractivity contribution < 1.29 is 4.79 Å². The molecule has 5 heteroatoms. The van der Waals surface area contributed by atoms with E-state index in [1.807, 2.05) is 6.92 Å². The highest BCUT2D eigenvalue weighted by molar-refractivity contribution is 8.13. The molecule has 0 aliphatic carbocycles. The van der Waals surface area contributed by atoms with E-state index in [0.29, 0.717) is 9.80 Å². The van der Waals surface area contributed by atoms with Gasteiger partial charge in [-0.1, -0.05) is 0 Å². The number of nitrogens with zero attached hydrogens (tertiary/aromatic N) is 1. The van der Waals surface area contributed by atoms with Crippen molar-refractivity contribution in [3.8, 4) is 0 Å². The number of rotatable bonds is 1. The fourth-order valence-corrected chi connectivity index (χ4v) is 1.73. The summed E-state index contributed by atoms with van der Waals surface area (Å²) in [6.07, 6.45) is 0. The monoisotopic (exact) mass is 200 g/mol. The zero-order chi connectivity index (χ0) is 9.14. The summed E-state index contributed by atoms with van der Waals surface area (Å²) in [5.41, 5.74) is 0.916. The number of aromatic amines is 1. The fraction of sp³-hybridized carbons (Fsp3) is 0.286. The number of hydrogen-bond acceptors (Lipinski definition) is 4. The summed E-state index contributed by atoms with van der Waals surface area (Å²) in [4.78, 5) is 17.6. The van der Waals surface area contributed by atoms with Gasteiger partial charge in [-0.3, -0.25) is 4.79 Å². The van der Waals surface area contributed by atoms with E-state index in [2.05, 4.69) is 9.97 Å². The highest BCUT2D eigenvalue weighted by Gasteiger charge is 2.00. The molecule has 0 aliphatic heterocycles. The molecule has 64 valence electrons. The molecule has 0 radical (unpaired) electrons. The number of aromatic nitrogens is 2. The minimum Gasteiger partial charge on any atom is -0.335 e. The van der Waals surface area contributed by atoms with Gasteiger partial charge in [-0.2, -0.15) is 0 Å². The van der Waals surface area contributed by atoms with Gasteiger partial charge in [0.15, 0.2) is 9.89 Å². The predicted octanol–water partition coefficient (Wildman–Crippen LogP) is 2.09. The highest BCUT2D eigenvalue weighted by Crippen LogP contribution is 2.15. The number of nitrogens with one attached hydrogen (secondary N) is 1. The Balaban J connectivity index is 3.01. The quantitative estimate of drug-likeness (QED) is 0.428. The third-order valence-electron chi connectivity index (χ3n) is 1.10. The predicted molar refractivity (Wildman–Crippen MR) is 50.7 cm³/mol. The minimum atomic E-state index is 0.0162. The largest absolute Gasteiger partial charge is 0.335 e. The topological polar surface area (TPSA) is 45.8 Å². The molecule has 0 unspecified atom stereocenters. The molecule has 0 fully saturated rings. The van der Waals surface area contributed by atoms with E-state index >= 15 is 0 Å². The second-order valence-corrected chi connectivity index (χ2v) is 3.89. The molecule has 1 N–H and O–H groups in total. The third kappa shape index (κ3) is 2.75. The Morgan fingerprint density at radius 3 is 2.92 bits per heavy atom. The number of H-pyrrole nitrogens is 1. The number of hydrogen-bond donors (Lipinski definition) is 1. The summed E-state index contributed by atoms with van der Waals surface area (Å²) >= 11 is 5.94. The maximum atomic E-state index is 10.7. The highest BCUT2D eigenvalue weighted by atomic mass is 32.2. The van der Waals surface area contributed by atoms with E-state index in [0.717, 1.165) is 17.5 Å². The van der Waals surface area contributed by atoms with E-state index in [4.69, 9.17) is 12.2 Å². The standard InChI is InChI=1S/C7H8N2OS2/c1-4-3-6(12-5(2)10)9-7(11)8-4/h3H,1-2H3,(H,8,9,11). The first-order valence-corrected chi connectivity index (χ1v) is 4.57. The normalized spacial score (nSPS) is 9.83. The first kappa shape index (κ1) is 9.41. The maximum Gasteiger partial charge on any atom is 0.198 e. The van der Waals surface area contributed by atoms with Crippen LogP contribution in [0.5, 0.6) is 0 Å². The summed E-state index contributed by atoms with van der Waals surface area (Å²) in [7, 11) is 0. The van der Waals surface area contributed by atoms with Gasteiger partial charge in [0.1, 0.15) is 5.03 Å². The van der Waals surface area contributed by atoms with Crippen LogP contribution < -0.4 is 0 Å². The van der Waals surface area contributed by atoms with Gasteiger partial charge in [-0.15, -0.1) is 0 Å². The fourth-order valence-electron chi connectivity index (χ4n) is 0.750. The summed E-state index contributed by atoms with van der Waals surface area (Å²) in [6, 6.07) is 1.79. The molecule has 0 atom stereocenters. The van der Waals surface area contributed by atoms with Crippen LogP contribution in [0.3, 0.4) is 0 Å². The van der Waals surface area contributed by atoms with Crippen molar-refractivity contribution in [1.82, 2.24) is 9.97 Å². The average molecular weight is 200 g/mol. The van der Waals surface area contributed by atoms with Crippen LogP contribution in [0.25, 0.3) is 0 Å². The SMILES string of the molecule is CC(=O)Sc1cc(C)[nH]c(=S)n1. The summed E-state index contributed by atoms with van der Waals surface area (Å²) in [5, 5.41) is 0.672. The summed E-state index contributed by atoms with van der Waals surface area (Å²) in [5.74, 6) is 0. The molecular formula is C7H8N2OS2. The van der Waals surface area contributed by atoms with Gasteiger partial charge in [0, 0.05) is 12.6 Å². The molecule has 0 saturated heterocycles. The second-order valence-electron chi connectivity index (χ2n) is 2.30. The Labute approximate surface area is 79.6 Å². The Bertz CT molecular complexity index is 359. The first-order chi connectivity index (χ1) is 5.58. The molecule has 12 heavy (non-hydrogen) atoms. The number of carbonyl (C=O) groups excluding carboxylic acids is 1. The molecule has 1 aromatic heterocycles. The van der Waals surface area contributed by atoms with Crippen LogP contribution >= 0.6 is 24.0 Å². The van der Waals surface area contributed by atoms with E-state index in [9.17, 15) is 4.79 Å². The van der Waals surface area contributed by atoms with Crippen molar-refractivity contribution in [1.29, 1.82) is 0 Å². The lowest BCUT2D eigenvalue weighted by atomic mass is 10.5. The van der Waals surface area contributed by atoms with E-state index in [1.54, 1.807) is 6.07 Å². The van der Waals surface area contributed by atoms with Crippen molar-refractivity contribution in [2.45, 2.75) is 18.9 Å². The average Bonchev–Trinajstić information content (AvgIpc) is 1.81. The molecule has 0 spiro atoms. The van der Waals surface area contributed by atoms with Crippen LogP contribution in [0.15, 0.2) is 11.1 Å². The van der Waals surface area contributed by atoms with Gasteiger partial charge in [0.2, 0.25) is 0 Å². The van der Waals surface area contributed by atoms with Gasteiger partial charge < -0.3 is 4.98 Å². The molecular weight excluding hydrogens is 192 g/mol. The minimum absolute atomic E-state index is 0.0162. The Morgan fingerprint density at radius 2 is 2.42 bits per heavy atom. The number of carbonyl (C=O) groups is 1. The Hall–Kier alpha value is -0.680. The number of thioether (sulfide) groups is 1. The van der Waals surface area contributed by atoms with Gasteiger partial charge in [-0.25, -0.2) is 4.98 Å². The molecule has 0 bridgehead atoms. The third-order valence-corrected chi connectivity index (χ3v) is 2.00. The molecule has 0 aliphatic rings. The smallest absolute Gasteiger partial charge is 0.198 e. The van der Waals surface area contributed by atoms with Crippen molar-refractivity contribution in [3.05, 3.63) is 16.5 Å². The molecule has 0 amide bonds. The van der Waals surface area contributed by atoms with Crippen LogP contribution in [0.4, 0.5) is 0 Å². The lowest BCUT2D eigenvalue weighted by Crippen LogP contribution is -1.90. The second kappa shape index (κ2) is 3.82. The number of aryl methyl sites for hydroxylation is 1. The molecule has 1 heterocycles. The lowest BCUT2D eigenvalue weighted by molar-refractivity contribution is -0.109. The molecule has 1 aromatic rings. The molecule has 0 aromatic carbocycles. The van der Waals surface area contributed by atoms with Crippen LogP contribution in [0.2, 0.25) is 0 Å². The molecule has 0 saturated carbocycles. The van der Waals surface area contributed by atoms with Crippen molar-refractivity contribution in [2.24, 2.45) is 0 Å². The lowest BCUT2D eigenvalue weighted by Gasteiger charge is -1.97. The Kier molecular flexibility index (Phi) is 2.99. The first-order valence-electron chi connectivity index (χ1n) is 3.34. The van der Waals surface area contributed by atoms with Crippen LogP contribution in [0, 0.1) is 11.7 Å². The van der Waals surface area contributed by atoms with E-state index in [1.165, 1.54) is 6.92 Å². The summed E-state index contributed by atoms with van der Waals surface area (Å²) < 4.78 is 0.416.